The molecule has 0 spiro atoms. The van der Waals surface area contributed by atoms with Crippen LogP contribution in [0.5, 0.6) is 0 Å². The summed E-state index contributed by atoms with van der Waals surface area (Å²) in [6.07, 6.45) is 2.78. The molecule has 20 heavy (non-hydrogen) atoms. The lowest BCUT2D eigenvalue weighted by molar-refractivity contribution is 0.299. The van der Waals surface area contributed by atoms with Crippen LogP contribution in [0.2, 0.25) is 5.02 Å². The highest BCUT2D eigenvalue weighted by Crippen LogP contribution is 2.27. The van der Waals surface area contributed by atoms with E-state index in [1.807, 2.05) is 6.07 Å². The number of nitrogens with one attached hydrogen (secondary N) is 1. The normalized spacial score (nSPS) is 17.0. The Morgan fingerprint density at radius 3 is 2.55 bits per heavy atom. The van der Waals surface area contributed by atoms with Gasteiger partial charge >= 0.3 is 0 Å². The molecule has 2 nitrogen and oxygen atoms in total. The number of aliphatic hydroxyl groups is 1. The number of hydrogen-bond donors (Lipinski definition) is 2. The Balaban J connectivity index is 1.65. The van der Waals surface area contributed by atoms with Gasteiger partial charge < -0.3 is 10.4 Å². The van der Waals surface area contributed by atoms with Gasteiger partial charge in [0, 0.05) is 23.4 Å². The van der Waals surface area contributed by atoms with Crippen LogP contribution in [0.4, 0.5) is 5.69 Å². The molecule has 1 aliphatic rings. The quantitative estimate of drug-likeness (QED) is 0.903. The van der Waals surface area contributed by atoms with Gasteiger partial charge in [0.25, 0.3) is 0 Å². The Kier molecular flexibility index (Phi) is 3.95. The minimum absolute atomic E-state index is 0.200. The summed E-state index contributed by atoms with van der Waals surface area (Å²) >= 11 is 6.04. The van der Waals surface area contributed by atoms with Crippen LogP contribution in [0.25, 0.3) is 0 Å². The molecule has 0 fully saturated rings. The molecule has 104 valence electrons. The number of anilines is 1. The fourth-order valence-corrected chi connectivity index (χ4v) is 3.02. The highest BCUT2D eigenvalue weighted by atomic mass is 35.5. The van der Waals surface area contributed by atoms with Crippen molar-refractivity contribution in [1.82, 2.24) is 0 Å². The Labute approximate surface area is 124 Å². The molecule has 2 aromatic carbocycles. The fraction of sp³-hybridized carbons (Fsp3) is 0.294. The van der Waals surface area contributed by atoms with Crippen LogP contribution in [0, 0.1) is 0 Å². The lowest BCUT2D eigenvalue weighted by Crippen LogP contribution is -2.19. The molecule has 1 atom stereocenters. The summed E-state index contributed by atoms with van der Waals surface area (Å²) in [6, 6.07) is 14.9. The van der Waals surface area contributed by atoms with Gasteiger partial charge in [0.2, 0.25) is 0 Å². The third-order valence-electron chi connectivity index (χ3n) is 3.83. The number of halogens is 1. The predicted octanol–water partition coefficient (Wildman–Crippen LogP) is 3.45. The molecular formula is C17H18ClNO. The Bertz CT molecular complexity index is 594. The van der Waals surface area contributed by atoms with E-state index in [4.69, 9.17) is 16.7 Å². The van der Waals surface area contributed by atoms with Gasteiger partial charge in [0.1, 0.15) is 0 Å². The first kappa shape index (κ1) is 13.5. The Morgan fingerprint density at radius 1 is 1.05 bits per heavy atom. The summed E-state index contributed by atoms with van der Waals surface area (Å²) in [7, 11) is 0. The molecule has 0 amide bonds. The van der Waals surface area contributed by atoms with Crippen molar-refractivity contribution in [3.63, 3.8) is 0 Å². The molecule has 1 unspecified atom stereocenters. The summed E-state index contributed by atoms with van der Waals surface area (Å²) in [5.41, 5.74) is 5.05. The second kappa shape index (κ2) is 5.86. The zero-order valence-corrected chi connectivity index (χ0v) is 12.0. The number of fused-ring (bicyclic) bond motifs is 1. The van der Waals surface area contributed by atoms with E-state index in [1.54, 1.807) is 0 Å². The van der Waals surface area contributed by atoms with Crippen molar-refractivity contribution in [2.75, 3.05) is 11.9 Å². The Morgan fingerprint density at radius 2 is 1.80 bits per heavy atom. The first-order chi connectivity index (χ1) is 9.74. The van der Waals surface area contributed by atoms with E-state index < -0.39 is 0 Å². The van der Waals surface area contributed by atoms with E-state index in [1.165, 1.54) is 16.7 Å². The molecule has 3 rings (SSSR count). The van der Waals surface area contributed by atoms with Gasteiger partial charge in [-0.25, -0.2) is 0 Å². The summed E-state index contributed by atoms with van der Waals surface area (Å²) in [4.78, 5) is 0. The van der Waals surface area contributed by atoms with Crippen LogP contribution < -0.4 is 5.32 Å². The van der Waals surface area contributed by atoms with Gasteiger partial charge in [-0.05, 0) is 60.2 Å². The predicted molar refractivity (Wildman–Crippen MR) is 83.5 cm³/mol. The van der Waals surface area contributed by atoms with Crippen molar-refractivity contribution >= 4 is 17.3 Å². The molecule has 0 bridgehead atoms. The van der Waals surface area contributed by atoms with Gasteiger partial charge in [-0.3, -0.25) is 0 Å². The lowest BCUT2D eigenvalue weighted by atomic mass is 10.1. The summed E-state index contributed by atoms with van der Waals surface area (Å²) in [5.74, 6) is 0. The topological polar surface area (TPSA) is 32.3 Å². The molecular weight excluding hydrogens is 270 g/mol. The maximum atomic E-state index is 8.91. The number of aliphatic hydroxyl groups excluding tert-OH is 1. The summed E-state index contributed by atoms with van der Waals surface area (Å²) in [5, 5.41) is 13.3. The van der Waals surface area contributed by atoms with E-state index >= 15 is 0 Å². The van der Waals surface area contributed by atoms with Crippen molar-refractivity contribution in [1.29, 1.82) is 0 Å². The van der Waals surface area contributed by atoms with Crippen LogP contribution in [0.3, 0.4) is 0 Å². The van der Waals surface area contributed by atoms with Crippen LogP contribution in [-0.2, 0) is 19.3 Å². The van der Waals surface area contributed by atoms with E-state index in [2.05, 4.69) is 41.7 Å². The van der Waals surface area contributed by atoms with E-state index in [0.717, 1.165) is 23.6 Å². The first-order valence-electron chi connectivity index (χ1n) is 6.98. The van der Waals surface area contributed by atoms with Crippen molar-refractivity contribution in [2.45, 2.75) is 25.3 Å². The molecule has 0 radical (unpaired) electrons. The Hall–Kier alpha value is -1.51. The smallest absolute Gasteiger partial charge is 0.0471 e. The maximum Gasteiger partial charge on any atom is 0.0471 e. The highest BCUT2D eigenvalue weighted by Gasteiger charge is 2.21. The van der Waals surface area contributed by atoms with Crippen molar-refractivity contribution in [3.8, 4) is 0 Å². The van der Waals surface area contributed by atoms with Gasteiger partial charge in [-0.2, -0.15) is 0 Å². The zero-order valence-electron chi connectivity index (χ0n) is 11.3. The van der Waals surface area contributed by atoms with Gasteiger partial charge in [-0.15, -0.1) is 0 Å². The number of benzene rings is 2. The fourth-order valence-electron chi connectivity index (χ4n) is 2.82. The average molecular weight is 288 g/mol. The zero-order chi connectivity index (χ0) is 13.9. The first-order valence-corrected chi connectivity index (χ1v) is 7.36. The molecule has 0 aliphatic heterocycles. The molecule has 0 saturated carbocycles. The third kappa shape index (κ3) is 2.97. The van der Waals surface area contributed by atoms with E-state index in [9.17, 15) is 0 Å². The lowest BCUT2D eigenvalue weighted by Gasteiger charge is -2.14. The molecule has 0 aromatic heterocycles. The average Bonchev–Trinajstić information content (AvgIpc) is 2.82. The number of rotatable bonds is 4. The van der Waals surface area contributed by atoms with Crippen molar-refractivity contribution in [3.05, 3.63) is 64.2 Å². The van der Waals surface area contributed by atoms with E-state index in [-0.39, 0.29) is 6.61 Å². The second-order valence-corrected chi connectivity index (χ2v) is 5.77. The van der Waals surface area contributed by atoms with Crippen LogP contribution in [0.1, 0.15) is 16.7 Å². The third-order valence-corrected chi connectivity index (χ3v) is 4.06. The minimum atomic E-state index is 0.200. The summed E-state index contributed by atoms with van der Waals surface area (Å²) < 4.78 is 0. The van der Waals surface area contributed by atoms with E-state index in [0.29, 0.717) is 12.5 Å². The molecule has 1 aliphatic carbocycles. The largest absolute Gasteiger partial charge is 0.396 e. The van der Waals surface area contributed by atoms with Gasteiger partial charge in [-0.1, -0.05) is 29.8 Å². The van der Waals surface area contributed by atoms with Gasteiger partial charge in [0.05, 0.1) is 0 Å². The molecule has 2 N–H and O–H groups in total. The molecule has 2 aromatic rings. The van der Waals surface area contributed by atoms with Crippen molar-refractivity contribution in [2.24, 2.45) is 0 Å². The maximum absolute atomic E-state index is 8.91. The summed E-state index contributed by atoms with van der Waals surface area (Å²) in [6.45, 7) is 0.200. The van der Waals surface area contributed by atoms with Crippen LogP contribution in [0.15, 0.2) is 42.5 Å². The molecule has 0 saturated heterocycles. The van der Waals surface area contributed by atoms with Crippen molar-refractivity contribution < 1.29 is 5.11 Å². The van der Waals surface area contributed by atoms with Crippen LogP contribution in [-0.4, -0.2) is 17.8 Å². The standard InChI is InChI=1S/C17H18ClNO/c18-15-4-3-13-10-17(11-14(13)9-15)19-16-5-1-12(2-6-16)7-8-20/h1-6,9,17,19-20H,7-8,10-11H2. The van der Waals surface area contributed by atoms with Gasteiger partial charge in [0.15, 0.2) is 0 Å². The molecule has 3 heteroatoms. The minimum Gasteiger partial charge on any atom is -0.396 e. The number of hydrogen-bond acceptors (Lipinski definition) is 2. The SMILES string of the molecule is OCCc1ccc(NC2Cc3ccc(Cl)cc3C2)cc1. The highest BCUT2D eigenvalue weighted by molar-refractivity contribution is 6.30. The second-order valence-electron chi connectivity index (χ2n) is 5.33. The monoisotopic (exact) mass is 287 g/mol. The molecule has 0 heterocycles. The van der Waals surface area contributed by atoms with Crippen LogP contribution >= 0.6 is 11.6 Å².